The van der Waals surface area contributed by atoms with Gasteiger partial charge in [-0.15, -0.1) is 0 Å². The molecule has 5 nitrogen and oxygen atoms in total. The fraction of sp³-hybridized carbons (Fsp3) is 0.400. The number of para-hydroxylation sites is 3. The molecular weight excluding hydrogens is 365 g/mol. The summed E-state index contributed by atoms with van der Waals surface area (Å²) in [6.07, 6.45) is 0.580. The number of sulfonamides is 1. The summed E-state index contributed by atoms with van der Waals surface area (Å²) in [5.41, 5.74) is 2.20. The Balaban J connectivity index is 1.78. The van der Waals surface area contributed by atoms with Gasteiger partial charge in [-0.1, -0.05) is 31.2 Å². The van der Waals surface area contributed by atoms with Crippen molar-refractivity contribution >= 4 is 27.1 Å². The molecule has 0 aromatic heterocycles. The van der Waals surface area contributed by atoms with Crippen molar-refractivity contribution in [3.05, 3.63) is 54.3 Å². The summed E-state index contributed by atoms with van der Waals surface area (Å²) in [5, 5.41) is 0. The maximum absolute atomic E-state index is 14.0. The molecule has 27 heavy (non-hydrogen) atoms. The van der Waals surface area contributed by atoms with Gasteiger partial charge >= 0.3 is 0 Å². The van der Waals surface area contributed by atoms with E-state index in [0.717, 1.165) is 5.69 Å². The van der Waals surface area contributed by atoms with E-state index in [-0.39, 0.29) is 11.6 Å². The molecule has 7 heteroatoms. The van der Waals surface area contributed by atoms with Gasteiger partial charge < -0.3 is 9.80 Å². The largest absolute Gasteiger partial charge is 0.366 e. The summed E-state index contributed by atoms with van der Waals surface area (Å²) >= 11 is 0. The first kappa shape index (κ1) is 19.5. The Hall–Kier alpha value is -2.28. The molecule has 0 atom stereocenters. The number of anilines is 3. The highest BCUT2D eigenvalue weighted by Gasteiger charge is 2.25. The van der Waals surface area contributed by atoms with Crippen molar-refractivity contribution in [1.82, 2.24) is 0 Å². The molecular formula is C20H26FN3O2S. The molecule has 3 rings (SSSR count). The van der Waals surface area contributed by atoms with Gasteiger partial charge in [-0.05, 0) is 30.7 Å². The number of nitrogens with zero attached hydrogens (tertiary/aromatic N) is 3. The normalized spacial score (nSPS) is 15.1. The molecule has 0 spiro atoms. The Kier molecular flexibility index (Phi) is 5.89. The number of piperazine rings is 1. The van der Waals surface area contributed by atoms with Crippen LogP contribution in [0.3, 0.4) is 0 Å². The standard InChI is InChI=1S/C20H26FN3O2S/c1-3-16-27(25,26)22(2)19-10-6-7-11-20(19)24-14-12-23(13-15-24)18-9-5-4-8-17(18)21/h4-11H,3,12-16H2,1-2H3. The van der Waals surface area contributed by atoms with Crippen molar-refractivity contribution in [3.63, 3.8) is 0 Å². The van der Waals surface area contributed by atoms with E-state index < -0.39 is 10.0 Å². The molecule has 2 aromatic carbocycles. The highest BCUT2D eigenvalue weighted by atomic mass is 32.2. The van der Waals surface area contributed by atoms with Crippen LogP contribution < -0.4 is 14.1 Å². The molecule has 0 saturated carbocycles. The van der Waals surface area contributed by atoms with Crippen LogP contribution in [-0.4, -0.2) is 47.4 Å². The minimum absolute atomic E-state index is 0.124. The van der Waals surface area contributed by atoms with Gasteiger partial charge in [0.15, 0.2) is 0 Å². The van der Waals surface area contributed by atoms with E-state index in [0.29, 0.717) is 44.0 Å². The maximum atomic E-state index is 14.0. The summed E-state index contributed by atoms with van der Waals surface area (Å²) in [6, 6.07) is 14.4. The smallest absolute Gasteiger partial charge is 0.234 e. The lowest BCUT2D eigenvalue weighted by atomic mass is 10.2. The summed E-state index contributed by atoms with van der Waals surface area (Å²) in [6.45, 7) is 4.63. The van der Waals surface area contributed by atoms with E-state index >= 15 is 0 Å². The van der Waals surface area contributed by atoms with Crippen LogP contribution in [-0.2, 0) is 10.0 Å². The van der Waals surface area contributed by atoms with Crippen molar-refractivity contribution in [2.24, 2.45) is 0 Å². The first-order valence-electron chi connectivity index (χ1n) is 9.24. The fourth-order valence-corrected chi connectivity index (χ4v) is 4.68. The molecule has 0 bridgehead atoms. The summed E-state index contributed by atoms with van der Waals surface area (Å²) < 4.78 is 40.4. The Morgan fingerprint density at radius 3 is 2.04 bits per heavy atom. The van der Waals surface area contributed by atoms with Crippen molar-refractivity contribution in [1.29, 1.82) is 0 Å². The van der Waals surface area contributed by atoms with Gasteiger partial charge in [-0.2, -0.15) is 0 Å². The predicted molar refractivity (Wildman–Crippen MR) is 110 cm³/mol. The van der Waals surface area contributed by atoms with Gasteiger partial charge in [0.1, 0.15) is 5.82 Å². The molecule has 146 valence electrons. The molecule has 1 saturated heterocycles. The number of hydrogen-bond donors (Lipinski definition) is 0. The molecule has 0 aliphatic carbocycles. The quantitative estimate of drug-likeness (QED) is 0.758. The molecule has 2 aromatic rings. The van der Waals surface area contributed by atoms with Gasteiger partial charge in [0.05, 0.1) is 22.8 Å². The van der Waals surface area contributed by atoms with Gasteiger partial charge in [0, 0.05) is 33.2 Å². The second kappa shape index (κ2) is 8.17. The average Bonchev–Trinajstić information content (AvgIpc) is 2.68. The Labute approximate surface area is 161 Å². The minimum atomic E-state index is -3.34. The van der Waals surface area contributed by atoms with Crippen molar-refractivity contribution in [2.75, 3.05) is 53.1 Å². The van der Waals surface area contributed by atoms with Crippen LogP contribution in [0.25, 0.3) is 0 Å². The lowest BCUT2D eigenvalue weighted by molar-refractivity contribution is 0.591. The molecule has 0 radical (unpaired) electrons. The number of halogens is 1. The van der Waals surface area contributed by atoms with Gasteiger partial charge in [0.25, 0.3) is 0 Å². The van der Waals surface area contributed by atoms with E-state index in [4.69, 9.17) is 0 Å². The highest BCUT2D eigenvalue weighted by molar-refractivity contribution is 7.92. The van der Waals surface area contributed by atoms with Gasteiger partial charge in [0.2, 0.25) is 10.0 Å². The van der Waals surface area contributed by atoms with E-state index in [1.165, 1.54) is 10.4 Å². The molecule has 1 aliphatic heterocycles. The van der Waals surface area contributed by atoms with E-state index in [2.05, 4.69) is 4.90 Å². The Morgan fingerprint density at radius 2 is 1.44 bits per heavy atom. The zero-order valence-electron chi connectivity index (χ0n) is 15.8. The van der Waals surface area contributed by atoms with Crippen molar-refractivity contribution in [3.8, 4) is 0 Å². The molecule has 0 unspecified atom stereocenters. The lowest BCUT2D eigenvalue weighted by Crippen LogP contribution is -2.47. The van der Waals surface area contributed by atoms with E-state index in [1.54, 1.807) is 19.2 Å². The molecule has 1 heterocycles. The van der Waals surface area contributed by atoms with Crippen molar-refractivity contribution < 1.29 is 12.8 Å². The minimum Gasteiger partial charge on any atom is -0.366 e. The monoisotopic (exact) mass is 391 g/mol. The third kappa shape index (κ3) is 4.18. The molecule has 0 N–H and O–H groups in total. The van der Waals surface area contributed by atoms with Crippen molar-refractivity contribution in [2.45, 2.75) is 13.3 Å². The zero-order valence-corrected chi connectivity index (χ0v) is 16.6. The first-order valence-corrected chi connectivity index (χ1v) is 10.8. The fourth-order valence-electron chi connectivity index (χ4n) is 3.44. The maximum Gasteiger partial charge on any atom is 0.234 e. The first-order chi connectivity index (χ1) is 12.9. The molecule has 1 aliphatic rings. The van der Waals surface area contributed by atoms with Crippen LogP contribution in [0.2, 0.25) is 0 Å². The summed E-state index contributed by atoms with van der Waals surface area (Å²) in [5.74, 6) is -0.0874. The highest BCUT2D eigenvalue weighted by Crippen LogP contribution is 2.32. The number of rotatable bonds is 6. The molecule has 0 amide bonds. The second-order valence-electron chi connectivity index (χ2n) is 6.70. The topological polar surface area (TPSA) is 43.9 Å². The number of hydrogen-bond acceptors (Lipinski definition) is 4. The van der Waals surface area contributed by atoms with Crippen LogP contribution in [0.15, 0.2) is 48.5 Å². The summed E-state index contributed by atoms with van der Waals surface area (Å²) in [7, 11) is -1.73. The third-order valence-corrected chi connectivity index (χ3v) is 6.87. The Bertz CT molecular complexity index is 880. The van der Waals surface area contributed by atoms with E-state index in [1.807, 2.05) is 42.2 Å². The molecule has 1 fully saturated rings. The average molecular weight is 392 g/mol. The van der Waals surface area contributed by atoms with Crippen LogP contribution in [0.5, 0.6) is 0 Å². The van der Waals surface area contributed by atoms with Crippen LogP contribution in [0.4, 0.5) is 21.5 Å². The van der Waals surface area contributed by atoms with Crippen LogP contribution in [0, 0.1) is 5.82 Å². The van der Waals surface area contributed by atoms with Crippen LogP contribution in [0.1, 0.15) is 13.3 Å². The SMILES string of the molecule is CCCS(=O)(=O)N(C)c1ccccc1N1CCN(c2ccccc2F)CC1. The summed E-state index contributed by atoms with van der Waals surface area (Å²) in [4.78, 5) is 4.20. The lowest BCUT2D eigenvalue weighted by Gasteiger charge is -2.39. The van der Waals surface area contributed by atoms with Crippen LogP contribution >= 0.6 is 0 Å². The second-order valence-corrected chi connectivity index (χ2v) is 8.82. The van der Waals surface area contributed by atoms with Gasteiger partial charge in [-0.3, -0.25) is 4.31 Å². The predicted octanol–water partition coefficient (Wildman–Crippen LogP) is 3.33. The zero-order chi connectivity index (χ0) is 19.4. The third-order valence-electron chi connectivity index (χ3n) is 4.91. The van der Waals surface area contributed by atoms with E-state index in [9.17, 15) is 12.8 Å². The van der Waals surface area contributed by atoms with Gasteiger partial charge in [-0.25, -0.2) is 12.8 Å². The number of benzene rings is 2. The Morgan fingerprint density at radius 1 is 0.926 bits per heavy atom.